The molecule has 0 bridgehead atoms. The Hall–Kier alpha value is -4.27. The number of nitrogens with zero attached hydrogens (tertiary/aromatic N) is 2. The predicted octanol–water partition coefficient (Wildman–Crippen LogP) is 4.55. The fraction of sp³-hybridized carbons (Fsp3) is 0.296. The summed E-state index contributed by atoms with van der Waals surface area (Å²) in [6.07, 6.45) is 3.43. The molecular weight excluding hydrogens is 464 g/mol. The first-order chi connectivity index (χ1) is 17.4. The van der Waals surface area contributed by atoms with Crippen molar-refractivity contribution < 1.29 is 33.3 Å². The number of Topliss-reactive ketones (excluding diaryl/α,β-unsaturated/α-hetero) is 1. The Morgan fingerprint density at radius 2 is 1.72 bits per heavy atom. The van der Waals surface area contributed by atoms with Gasteiger partial charge in [-0.3, -0.25) is 14.3 Å². The van der Waals surface area contributed by atoms with Crippen LogP contribution in [-0.2, 0) is 4.79 Å². The van der Waals surface area contributed by atoms with E-state index in [2.05, 4.69) is 5.10 Å². The second kappa shape index (κ2) is 9.07. The first-order valence-corrected chi connectivity index (χ1v) is 11.5. The van der Waals surface area contributed by atoms with Gasteiger partial charge in [-0.1, -0.05) is 0 Å². The van der Waals surface area contributed by atoms with Crippen LogP contribution >= 0.6 is 0 Å². The van der Waals surface area contributed by atoms with Crippen LogP contribution < -0.4 is 23.7 Å². The van der Waals surface area contributed by atoms with Gasteiger partial charge in [0.15, 0.2) is 17.3 Å². The highest BCUT2D eigenvalue weighted by molar-refractivity contribution is 6.15. The maximum Gasteiger partial charge on any atom is 0.312 e. The summed E-state index contributed by atoms with van der Waals surface area (Å²) in [5.41, 5.74) is 2.50. The van der Waals surface area contributed by atoms with E-state index < -0.39 is 0 Å². The first-order valence-electron chi connectivity index (χ1n) is 11.5. The molecule has 2 aliphatic heterocycles. The van der Waals surface area contributed by atoms with Gasteiger partial charge in [-0.05, 0) is 44.2 Å². The van der Waals surface area contributed by atoms with E-state index in [-0.39, 0.29) is 35.9 Å². The van der Waals surface area contributed by atoms with Crippen molar-refractivity contribution in [3.63, 3.8) is 0 Å². The van der Waals surface area contributed by atoms with Gasteiger partial charge in [0.1, 0.15) is 17.2 Å². The van der Waals surface area contributed by atoms with Gasteiger partial charge in [0.2, 0.25) is 5.78 Å². The second-order valence-corrected chi connectivity index (χ2v) is 8.77. The number of fused-ring (bicyclic) bond motifs is 3. The zero-order valence-electron chi connectivity index (χ0n) is 20.7. The van der Waals surface area contributed by atoms with E-state index >= 15 is 0 Å². The number of aromatic nitrogens is 2. The standard InChI is InChI=1S/C27H26N2O7/c1-14(2)29-18(8-9-28-29)17-12-24(30)35-19-7-6-16-26(31)23(36-27(16)25(17)19)11-15-10-21(33-4)22(34-5)13-20(15)32-3/h6-11,13-14,17H,12H2,1-5H3/b23-11-/t17-/m1/s1. The number of allylic oxidation sites excluding steroid dienone is 1. The zero-order valence-corrected chi connectivity index (χ0v) is 20.7. The molecule has 1 atom stereocenters. The van der Waals surface area contributed by atoms with Gasteiger partial charge in [0, 0.05) is 41.0 Å². The van der Waals surface area contributed by atoms with Crippen molar-refractivity contribution in [1.82, 2.24) is 9.78 Å². The summed E-state index contributed by atoms with van der Waals surface area (Å²) in [5.74, 6) is 1.36. The van der Waals surface area contributed by atoms with Crippen LogP contribution in [0.5, 0.6) is 28.7 Å². The molecule has 9 nitrogen and oxygen atoms in total. The molecule has 0 saturated heterocycles. The smallest absolute Gasteiger partial charge is 0.312 e. The van der Waals surface area contributed by atoms with E-state index in [9.17, 15) is 9.59 Å². The average molecular weight is 491 g/mol. The van der Waals surface area contributed by atoms with E-state index in [1.807, 2.05) is 24.6 Å². The third-order valence-electron chi connectivity index (χ3n) is 6.35. The lowest BCUT2D eigenvalue weighted by molar-refractivity contribution is -0.135. The SMILES string of the molecule is COc1cc(OC)c(OC)cc1/C=C1\Oc2c(ccc3c2[C@@H](c2ccnn2C(C)C)CC(=O)O3)C1=O. The highest BCUT2D eigenvalue weighted by Gasteiger charge is 2.39. The number of hydrogen-bond donors (Lipinski definition) is 0. The summed E-state index contributed by atoms with van der Waals surface area (Å²) < 4.78 is 29.8. The van der Waals surface area contributed by atoms with Gasteiger partial charge >= 0.3 is 5.97 Å². The Kier molecular flexibility index (Phi) is 5.91. The largest absolute Gasteiger partial charge is 0.496 e. The van der Waals surface area contributed by atoms with Gasteiger partial charge < -0.3 is 23.7 Å². The number of benzene rings is 2. The lowest BCUT2D eigenvalue weighted by Gasteiger charge is -2.27. The summed E-state index contributed by atoms with van der Waals surface area (Å²) in [6.45, 7) is 4.04. The minimum Gasteiger partial charge on any atom is -0.496 e. The molecule has 36 heavy (non-hydrogen) atoms. The van der Waals surface area contributed by atoms with Gasteiger partial charge in [-0.2, -0.15) is 5.10 Å². The van der Waals surface area contributed by atoms with Crippen LogP contribution in [0.4, 0.5) is 0 Å². The van der Waals surface area contributed by atoms with Crippen molar-refractivity contribution in [2.24, 2.45) is 0 Å². The Labute approximate surface area is 208 Å². The summed E-state index contributed by atoms with van der Waals surface area (Å²) in [5, 5.41) is 4.43. The van der Waals surface area contributed by atoms with Crippen LogP contribution in [0.1, 0.15) is 59.4 Å². The highest BCUT2D eigenvalue weighted by Crippen LogP contribution is 2.49. The Bertz CT molecular complexity index is 1400. The molecule has 0 saturated carbocycles. The van der Waals surface area contributed by atoms with Crippen molar-refractivity contribution in [2.45, 2.75) is 32.2 Å². The molecule has 3 heterocycles. The third kappa shape index (κ3) is 3.77. The third-order valence-corrected chi connectivity index (χ3v) is 6.35. The molecule has 0 N–H and O–H groups in total. The summed E-state index contributed by atoms with van der Waals surface area (Å²) in [6, 6.07) is 8.64. The fourth-order valence-corrected chi connectivity index (χ4v) is 4.70. The van der Waals surface area contributed by atoms with E-state index in [0.29, 0.717) is 45.4 Å². The van der Waals surface area contributed by atoms with Crippen molar-refractivity contribution >= 4 is 17.8 Å². The van der Waals surface area contributed by atoms with E-state index in [0.717, 1.165) is 5.69 Å². The van der Waals surface area contributed by atoms with Crippen LogP contribution in [0.15, 0.2) is 42.3 Å². The lowest BCUT2D eigenvalue weighted by atomic mass is 9.87. The molecule has 5 rings (SSSR count). The normalized spacial score (nSPS) is 17.5. The second-order valence-electron chi connectivity index (χ2n) is 8.77. The molecule has 0 fully saturated rings. The molecule has 2 aromatic carbocycles. The molecule has 3 aromatic rings. The van der Waals surface area contributed by atoms with Gasteiger partial charge in [-0.25, -0.2) is 0 Å². The minimum atomic E-state index is -0.371. The quantitative estimate of drug-likeness (QED) is 0.282. The number of ketones is 1. The number of carbonyl (C=O) groups is 2. The number of ether oxygens (including phenoxy) is 5. The number of hydrogen-bond acceptors (Lipinski definition) is 8. The molecule has 186 valence electrons. The van der Waals surface area contributed by atoms with Gasteiger partial charge in [0.25, 0.3) is 0 Å². The highest BCUT2D eigenvalue weighted by atomic mass is 16.5. The van der Waals surface area contributed by atoms with E-state index in [1.165, 1.54) is 21.3 Å². The zero-order chi connectivity index (χ0) is 25.6. The number of esters is 1. The maximum atomic E-state index is 13.4. The van der Waals surface area contributed by atoms with Crippen molar-refractivity contribution in [3.8, 4) is 28.7 Å². The molecule has 0 spiro atoms. The first kappa shape index (κ1) is 23.5. The molecule has 9 heteroatoms. The number of rotatable bonds is 6. The van der Waals surface area contributed by atoms with Crippen LogP contribution in [0.2, 0.25) is 0 Å². The number of methoxy groups -OCH3 is 3. The Morgan fingerprint density at radius 3 is 2.42 bits per heavy atom. The van der Waals surface area contributed by atoms with Crippen molar-refractivity contribution in [2.75, 3.05) is 21.3 Å². The monoisotopic (exact) mass is 490 g/mol. The van der Waals surface area contributed by atoms with E-state index in [4.69, 9.17) is 23.7 Å². The molecule has 0 radical (unpaired) electrons. The van der Waals surface area contributed by atoms with Crippen molar-refractivity contribution in [1.29, 1.82) is 0 Å². The summed E-state index contributed by atoms with van der Waals surface area (Å²) >= 11 is 0. The summed E-state index contributed by atoms with van der Waals surface area (Å²) in [7, 11) is 4.60. The number of carbonyl (C=O) groups excluding carboxylic acids is 2. The van der Waals surface area contributed by atoms with Crippen LogP contribution in [0, 0.1) is 0 Å². The van der Waals surface area contributed by atoms with E-state index in [1.54, 1.807) is 36.5 Å². The molecular formula is C27H26N2O7. The fourth-order valence-electron chi connectivity index (χ4n) is 4.70. The average Bonchev–Trinajstić information content (AvgIpc) is 3.48. The Morgan fingerprint density at radius 1 is 1.00 bits per heavy atom. The lowest BCUT2D eigenvalue weighted by Crippen LogP contribution is -2.24. The van der Waals surface area contributed by atoms with Crippen LogP contribution in [0.3, 0.4) is 0 Å². The predicted molar refractivity (Wildman–Crippen MR) is 130 cm³/mol. The maximum absolute atomic E-state index is 13.4. The molecule has 1 aromatic heterocycles. The molecule has 2 aliphatic rings. The molecule has 0 unspecified atom stereocenters. The minimum absolute atomic E-state index is 0.0867. The summed E-state index contributed by atoms with van der Waals surface area (Å²) in [4.78, 5) is 25.8. The Balaban J connectivity index is 1.62. The van der Waals surface area contributed by atoms with Crippen LogP contribution in [-0.4, -0.2) is 42.9 Å². The van der Waals surface area contributed by atoms with Gasteiger partial charge in [-0.15, -0.1) is 0 Å². The topological polar surface area (TPSA) is 98.1 Å². The molecule has 0 aliphatic carbocycles. The van der Waals surface area contributed by atoms with Crippen LogP contribution in [0.25, 0.3) is 6.08 Å². The molecule has 0 amide bonds. The van der Waals surface area contributed by atoms with Gasteiger partial charge in [0.05, 0.1) is 33.3 Å². The van der Waals surface area contributed by atoms with Crippen molar-refractivity contribution in [3.05, 3.63) is 64.7 Å².